The summed E-state index contributed by atoms with van der Waals surface area (Å²) in [6, 6.07) is 7.05. The van der Waals surface area contributed by atoms with Crippen LogP contribution in [0.4, 0.5) is 0 Å². The van der Waals surface area contributed by atoms with Gasteiger partial charge in [-0.05, 0) is 37.5 Å². The van der Waals surface area contributed by atoms with Crippen molar-refractivity contribution in [2.45, 2.75) is 32.4 Å². The molecule has 1 aliphatic rings. The summed E-state index contributed by atoms with van der Waals surface area (Å²) in [4.78, 5) is 25.1. The second-order valence-corrected chi connectivity index (χ2v) is 5.98. The lowest BCUT2D eigenvalue weighted by molar-refractivity contribution is -0.151. The number of aliphatic carboxylic acids is 1. The first kappa shape index (κ1) is 16.8. The van der Waals surface area contributed by atoms with E-state index in [1.807, 2.05) is 6.92 Å². The Kier molecular flexibility index (Phi) is 5.80. The summed E-state index contributed by atoms with van der Waals surface area (Å²) in [6.07, 6.45) is 1.38. The van der Waals surface area contributed by atoms with E-state index in [1.165, 1.54) is 4.90 Å². The summed E-state index contributed by atoms with van der Waals surface area (Å²) in [6.45, 7) is 2.46. The highest BCUT2D eigenvalue weighted by molar-refractivity contribution is 6.30. The highest BCUT2D eigenvalue weighted by Gasteiger charge is 2.32. The Balaban J connectivity index is 2.12. The van der Waals surface area contributed by atoms with Crippen LogP contribution in [0.5, 0.6) is 0 Å². The van der Waals surface area contributed by atoms with E-state index in [0.717, 1.165) is 18.4 Å². The Morgan fingerprint density at radius 2 is 2.05 bits per heavy atom. The number of nitrogens with zero attached hydrogens (tertiary/aromatic N) is 1. The summed E-state index contributed by atoms with van der Waals surface area (Å²) in [5, 5.41) is 9.68. The Morgan fingerprint density at radius 3 is 2.64 bits per heavy atom. The molecular weight excluding hydrogens is 306 g/mol. The van der Waals surface area contributed by atoms with Crippen molar-refractivity contribution >= 4 is 23.5 Å². The fourth-order valence-electron chi connectivity index (χ4n) is 2.67. The van der Waals surface area contributed by atoms with Gasteiger partial charge in [0.1, 0.15) is 6.54 Å². The number of rotatable bonds is 5. The van der Waals surface area contributed by atoms with Crippen molar-refractivity contribution in [1.82, 2.24) is 4.90 Å². The van der Waals surface area contributed by atoms with Crippen LogP contribution < -0.4 is 0 Å². The summed E-state index contributed by atoms with van der Waals surface area (Å²) in [7, 11) is 0. The molecule has 2 rings (SSSR count). The first-order chi connectivity index (χ1) is 10.5. The van der Waals surface area contributed by atoms with Gasteiger partial charge in [-0.1, -0.05) is 23.7 Å². The van der Waals surface area contributed by atoms with E-state index in [2.05, 4.69) is 0 Å². The molecule has 6 heteroatoms. The van der Waals surface area contributed by atoms with Crippen molar-refractivity contribution < 1.29 is 19.4 Å². The molecule has 2 unspecified atom stereocenters. The lowest BCUT2D eigenvalue weighted by Crippen LogP contribution is -2.44. The summed E-state index contributed by atoms with van der Waals surface area (Å²) in [5.41, 5.74) is 0.850. The van der Waals surface area contributed by atoms with E-state index in [4.69, 9.17) is 21.4 Å². The zero-order valence-electron chi connectivity index (χ0n) is 12.5. The number of carboxylic acids is 1. The highest BCUT2D eigenvalue weighted by atomic mass is 35.5. The van der Waals surface area contributed by atoms with Crippen molar-refractivity contribution in [3.05, 3.63) is 34.9 Å². The third kappa shape index (κ3) is 4.45. The van der Waals surface area contributed by atoms with Gasteiger partial charge in [-0.25, -0.2) is 0 Å². The first-order valence-electron chi connectivity index (χ1n) is 7.34. The van der Waals surface area contributed by atoms with E-state index >= 15 is 0 Å². The number of benzene rings is 1. The van der Waals surface area contributed by atoms with Crippen LogP contribution >= 0.6 is 11.6 Å². The zero-order valence-corrected chi connectivity index (χ0v) is 13.3. The second-order valence-electron chi connectivity index (χ2n) is 5.54. The lowest BCUT2D eigenvalue weighted by atomic mass is 9.93. The zero-order chi connectivity index (χ0) is 16.1. The van der Waals surface area contributed by atoms with Crippen molar-refractivity contribution in [2.75, 3.05) is 13.2 Å². The second kappa shape index (κ2) is 7.61. The molecular formula is C16H20ClNO4. The smallest absolute Gasteiger partial charge is 0.323 e. The molecule has 120 valence electrons. The van der Waals surface area contributed by atoms with Crippen molar-refractivity contribution in [2.24, 2.45) is 5.92 Å². The number of hydrogen-bond donors (Lipinski definition) is 1. The van der Waals surface area contributed by atoms with Crippen molar-refractivity contribution in [3.63, 3.8) is 0 Å². The minimum atomic E-state index is -1.02. The number of ether oxygens (including phenoxy) is 1. The Labute approximate surface area is 134 Å². The molecule has 22 heavy (non-hydrogen) atoms. The summed E-state index contributed by atoms with van der Waals surface area (Å²) >= 11 is 5.84. The normalized spacial score (nSPS) is 21.4. The molecule has 0 spiro atoms. The van der Waals surface area contributed by atoms with Gasteiger partial charge in [-0.2, -0.15) is 0 Å². The molecule has 1 aromatic rings. The molecule has 5 nitrogen and oxygen atoms in total. The molecule has 1 heterocycles. The lowest BCUT2D eigenvalue weighted by Gasteiger charge is -2.32. The van der Waals surface area contributed by atoms with E-state index < -0.39 is 5.97 Å². The molecule has 2 atom stereocenters. The third-order valence-electron chi connectivity index (χ3n) is 3.85. The monoisotopic (exact) mass is 325 g/mol. The Hall–Kier alpha value is -1.59. The maximum atomic E-state index is 12.7. The topological polar surface area (TPSA) is 66.8 Å². The van der Waals surface area contributed by atoms with Gasteiger partial charge in [0, 0.05) is 18.2 Å². The summed E-state index contributed by atoms with van der Waals surface area (Å²) < 4.78 is 5.52. The van der Waals surface area contributed by atoms with Gasteiger partial charge < -0.3 is 14.7 Å². The fourth-order valence-corrected chi connectivity index (χ4v) is 2.79. The predicted octanol–water partition coefficient (Wildman–Crippen LogP) is 2.57. The van der Waals surface area contributed by atoms with Gasteiger partial charge >= 0.3 is 5.97 Å². The minimum absolute atomic E-state index is 0.162. The van der Waals surface area contributed by atoms with E-state index in [-0.39, 0.29) is 31.0 Å². The first-order valence-corrected chi connectivity index (χ1v) is 7.72. The van der Waals surface area contributed by atoms with Crippen LogP contribution in [0.2, 0.25) is 5.02 Å². The SMILES string of the molecule is CC1OCCCC1C(=O)N(CC(=O)O)Cc1ccc(Cl)cc1. The highest BCUT2D eigenvalue weighted by Crippen LogP contribution is 2.23. The predicted molar refractivity (Wildman–Crippen MR) is 82.6 cm³/mol. The summed E-state index contributed by atoms with van der Waals surface area (Å²) in [5.74, 6) is -1.46. The maximum Gasteiger partial charge on any atom is 0.323 e. The van der Waals surface area contributed by atoms with Crippen LogP contribution in [0.25, 0.3) is 0 Å². The van der Waals surface area contributed by atoms with E-state index in [9.17, 15) is 9.59 Å². The molecule has 0 aromatic heterocycles. The van der Waals surface area contributed by atoms with Crippen LogP contribution in [0.15, 0.2) is 24.3 Å². The van der Waals surface area contributed by atoms with Crippen molar-refractivity contribution in [3.8, 4) is 0 Å². The molecule has 1 fully saturated rings. The quantitative estimate of drug-likeness (QED) is 0.903. The average Bonchev–Trinajstić information content (AvgIpc) is 2.48. The van der Waals surface area contributed by atoms with Crippen LogP contribution in [0.3, 0.4) is 0 Å². The molecule has 1 saturated heterocycles. The Morgan fingerprint density at radius 1 is 1.36 bits per heavy atom. The largest absolute Gasteiger partial charge is 0.480 e. The molecule has 0 bridgehead atoms. The fraction of sp³-hybridized carbons (Fsp3) is 0.500. The molecule has 1 N–H and O–H groups in total. The maximum absolute atomic E-state index is 12.7. The van der Waals surface area contributed by atoms with E-state index in [0.29, 0.717) is 11.6 Å². The number of carbonyl (C=O) groups is 2. The van der Waals surface area contributed by atoms with Gasteiger partial charge in [-0.3, -0.25) is 9.59 Å². The Bertz CT molecular complexity index is 531. The molecule has 1 aromatic carbocycles. The third-order valence-corrected chi connectivity index (χ3v) is 4.10. The van der Waals surface area contributed by atoms with Gasteiger partial charge in [-0.15, -0.1) is 0 Å². The van der Waals surface area contributed by atoms with Crippen LogP contribution in [-0.4, -0.2) is 41.1 Å². The standard InChI is InChI=1S/C16H20ClNO4/c1-11-14(3-2-8-22-11)16(21)18(10-15(19)20)9-12-4-6-13(17)7-5-12/h4-7,11,14H,2-3,8-10H2,1H3,(H,19,20). The van der Waals surface area contributed by atoms with Crippen LogP contribution in [0.1, 0.15) is 25.3 Å². The van der Waals surface area contributed by atoms with Gasteiger partial charge in [0.25, 0.3) is 0 Å². The van der Waals surface area contributed by atoms with Gasteiger partial charge in [0.2, 0.25) is 5.91 Å². The van der Waals surface area contributed by atoms with Gasteiger partial charge in [0.05, 0.1) is 12.0 Å². The average molecular weight is 326 g/mol. The molecule has 0 radical (unpaired) electrons. The van der Waals surface area contributed by atoms with Gasteiger partial charge in [0.15, 0.2) is 0 Å². The molecule has 0 saturated carbocycles. The number of hydrogen-bond acceptors (Lipinski definition) is 3. The van der Waals surface area contributed by atoms with Crippen LogP contribution in [-0.2, 0) is 20.9 Å². The number of carbonyl (C=O) groups excluding carboxylic acids is 1. The molecule has 1 aliphatic heterocycles. The van der Waals surface area contributed by atoms with E-state index in [1.54, 1.807) is 24.3 Å². The van der Waals surface area contributed by atoms with Crippen molar-refractivity contribution in [1.29, 1.82) is 0 Å². The number of halogens is 1. The molecule has 1 amide bonds. The van der Waals surface area contributed by atoms with Crippen LogP contribution in [0, 0.1) is 5.92 Å². The number of carboxylic acid groups (broad SMARTS) is 1. The molecule has 0 aliphatic carbocycles. The number of amides is 1. The minimum Gasteiger partial charge on any atom is -0.480 e.